The molecule has 0 bridgehead atoms. The molecule has 0 amide bonds. The van der Waals surface area contributed by atoms with E-state index in [1.807, 2.05) is 0 Å². The maximum atomic E-state index is 2.44. The molecule has 183 valence electrons. The van der Waals surface area contributed by atoms with Crippen LogP contribution in [0, 0.1) is 12.3 Å². The van der Waals surface area contributed by atoms with Crippen molar-refractivity contribution in [3.8, 4) is 0 Å². The van der Waals surface area contributed by atoms with Crippen molar-refractivity contribution in [2.75, 3.05) is 0 Å². The maximum absolute atomic E-state index is 2.44. The van der Waals surface area contributed by atoms with Crippen molar-refractivity contribution in [3.63, 3.8) is 0 Å². The molecule has 0 radical (unpaired) electrons. The Morgan fingerprint density at radius 3 is 2.05 bits per heavy atom. The second-order valence-corrected chi connectivity index (χ2v) is 13.3. The summed E-state index contributed by atoms with van der Waals surface area (Å²) in [4.78, 5) is 0. The monoisotopic (exact) mass is 597 g/mol. The fourth-order valence-corrected chi connectivity index (χ4v) is 9.54. The molecule has 0 heterocycles. The van der Waals surface area contributed by atoms with Gasteiger partial charge in [-0.3, -0.25) is 0 Å². The third-order valence-electron chi connectivity index (χ3n) is 7.28. The van der Waals surface area contributed by atoms with Crippen molar-refractivity contribution in [1.82, 2.24) is 0 Å². The van der Waals surface area contributed by atoms with E-state index < -0.39 is 22.8 Å². The van der Waals surface area contributed by atoms with Gasteiger partial charge in [-0.05, 0) is 0 Å². The Morgan fingerprint density at radius 1 is 0.811 bits per heavy atom. The average Bonchev–Trinajstić information content (AvgIpc) is 3.49. The van der Waals surface area contributed by atoms with Gasteiger partial charge in [-0.25, -0.2) is 0 Å². The first-order valence-corrected chi connectivity index (χ1v) is 14.9. The SMILES string of the molecule is Cc1ccc2c(c1)=[C]([Zr+2]=[C](c1ccccc1)c1ccccc1)C1=C(C3=CC=CC3)C(C)(C)C=CC=21.[Cl-].[Cl-]. The first-order chi connectivity index (χ1) is 17.0. The van der Waals surface area contributed by atoms with Crippen LogP contribution in [-0.2, 0) is 22.8 Å². The number of allylic oxidation sites excluding steroid dienone is 8. The summed E-state index contributed by atoms with van der Waals surface area (Å²) in [6.45, 7) is 7.00. The first-order valence-electron chi connectivity index (χ1n) is 12.4. The van der Waals surface area contributed by atoms with Crippen LogP contribution in [0.3, 0.4) is 0 Å². The average molecular weight is 600 g/mol. The van der Waals surface area contributed by atoms with Gasteiger partial charge in [0.05, 0.1) is 0 Å². The van der Waals surface area contributed by atoms with E-state index in [4.69, 9.17) is 0 Å². The van der Waals surface area contributed by atoms with Gasteiger partial charge in [-0.1, -0.05) is 0 Å². The molecule has 0 nitrogen and oxygen atoms in total. The number of rotatable bonds is 4. The molecule has 0 saturated carbocycles. The van der Waals surface area contributed by atoms with E-state index in [1.165, 1.54) is 49.4 Å². The Bertz CT molecular complexity index is 1570. The summed E-state index contributed by atoms with van der Waals surface area (Å²) in [7, 11) is 0. The van der Waals surface area contributed by atoms with Gasteiger partial charge in [0.2, 0.25) is 0 Å². The predicted molar refractivity (Wildman–Crippen MR) is 145 cm³/mol. The quantitative estimate of drug-likeness (QED) is 0.408. The molecule has 37 heavy (non-hydrogen) atoms. The van der Waals surface area contributed by atoms with Gasteiger partial charge >= 0.3 is 221 Å². The van der Waals surface area contributed by atoms with Crippen LogP contribution in [0.15, 0.2) is 126 Å². The summed E-state index contributed by atoms with van der Waals surface area (Å²) >= 11 is -1.20. The minimum absolute atomic E-state index is 0. The van der Waals surface area contributed by atoms with Gasteiger partial charge in [0.25, 0.3) is 0 Å². The molecule has 3 aliphatic rings. The Morgan fingerprint density at radius 2 is 1.46 bits per heavy atom. The van der Waals surface area contributed by atoms with E-state index in [9.17, 15) is 0 Å². The molecule has 0 N–H and O–H groups in total. The van der Waals surface area contributed by atoms with E-state index >= 15 is 0 Å². The summed E-state index contributed by atoms with van der Waals surface area (Å²) < 4.78 is 3.18. The standard InChI is InChI=1S/C21H19.C13H10.2ClH.Zr/c1-14-8-9-17-16(12-14)13-19-18(17)10-11-21(2,3)20(19)15-6-4-5-7-15;1-3-7-12(8-4-1)11-13-9-5-2-6-10-13;;;/h4-6,8-12H,7H2,1-3H3;1-10H;2*1H;/q;;;;+2/p-2. The fraction of sp³-hybridized carbons (Fsp3) is 0.147. The molecule has 0 fully saturated rings. The van der Waals surface area contributed by atoms with Crippen LogP contribution in [0.25, 0.3) is 8.85 Å². The van der Waals surface area contributed by atoms with Crippen LogP contribution in [0.4, 0.5) is 0 Å². The van der Waals surface area contributed by atoms with E-state index in [0.29, 0.717) is 0 Å². The smallest absolute Gasteiger partial charge is 1.00 e. The third kappa shape index (κ3) is 5.07. The predicted octanol–water partition coefficient (Wildman–Crippen LogP) is 0.406. The largest absolute Gasteiger partial charge is 1.00 e. The molecule has 3 aromatic carbocycles. The number of aryl methyl sites for hydroxylation is 1. The fourth-order valence-electron chi connectivity index (χ4n) is 5.62. The first kappa shape index (κ1) is 27.7. The number of benzene rings is 3. The van der Waals surface area contributed by atoms with Gasteiger partial charge in [-0.2, -0.15) is 0 Å². The summed E-state index contributed by atoms with van der Waals surface area (Å²) in [5.74, 6) is 0. The van der Waals surface area contributed by atoms with E-state index in [1.54, 1.807) is 6.49 Å². The summed E-state index contributed by atoms with van der Waals surface area (Å²) in [6.07, 6.45) is 12.7. The van der Waals surface area contributed by atoms with Crippen LogP contribution in [0.1, 0.15) is 37.0 Å². The molecule has 0 spiro atoms. The van der Waals surface area contributed by atoms with Crippen LogP contribution in [-0.4, -0.2) is 3.21 Å². The van der Waals surface area contributed by atoms with Crippen molar-refractivity contribution in [1.29, 1.82) is 0 Å². The topological polar surface area (TPSA) is 0 Å². The maximum Gasteiger partial charge on any atom is -1.00 e. The zero-order valence-electron chi connectivity index (χ0n) is 21.4. The Kier molecular flexibility index (Phi) is 8.39. The Labute approximate surface area is 243 Å². The van der Waals surface area contributed by atoms with Gasteiger partial charge in [0, 0.05) is 0 Å². The molecule has 6 rings (SSSR count). The second-order valence-electron chi connectivity index (χ2n) is 10.2. The molecular weight excluding hydrogens is 571 g/mol. The van der Waals surface area contributed by atoms with Crippen LogP contribution in [0.2, 0.25) is 0 Å². The minimum atomic E-state index is -1.20. The van der Waals surface area contributed by atoms with Gasteiger partial charge in [0.1, 0.15) is 0 Å². The summed E-state index contributed by atoms with van der Waals surface area (Å²) in [5.41, 5.74) is 10.1. The van der Waals surface area contributed by atoms with Crippen molar-refractivity contribution in [2.45, 2.75) is 27.2 Å². The van der Waals surface area contributed by atoms with Crippen molar-refractivity contribution < 1.29 is 47.6 Å². The van der Waals surface area contributed by atoms with E-state index in [2.05, 4.69) is 130 Å². The molecule has 0 aliphatic heterocycles. The molecule has 3 aromatic rings. The zero-order chi connectivity index (χ0) is 24.0. The number of hydrogen-bond acceptors (Lipinski definition) is 0. The second kappa shape index (κ2) is 11.2. The third-order valence-corrected chi connectivity index (χ3v) is 11.2. The molecule has 3 heteroatoms. The van der Waals surface area contributed by atoms with Crippen LogP contribution >= 0.6 is 0 Å². The normalized spacial score (nSPS) is 16.4. The summed E-state index contributed by atoms with van der Waals surface area (Å²) in [6, 6.07) is 29.2. The molecular formula is C34H29Cl2Zr. The summed E-state index contributed by atoms with van der Waals surface area (Å²) in [5, 5.41) is 2.88. The molecule has 3 aliphatic carbocycles. The zero-order valence-corrected chi connectivity index (χ0v) is 25.3. The molecule has 0 saturated heterocycles. The Balaban J connectivity index is 0.00000160. The molecule has 0 aromatic heterocycles. The Hall–Kier alpha value is -2.31. The number of fused-ring (bicyclic) bond motifs is 2. The molecule has 0 unspecified atom stereocenters. The van der Waals surface area contributed by atoms with Gasteiger partial charge in [-0.15, -0.1) is 0 Å². The minimum Gasteiger partial charge on any atom is -1.00 e. The number of hydrogen-bond donors (Lipinski definition) is 0. The van der Waals surface area contributed by atoms with Gasteiger partial charge < -0.3 is 24.8 Å². The van der Waals surface area contributed by atoms with E-state index in [-0.39, 0.29) is 30.2 Å². The van der Waals surface area contributed by atoms with Crippen molar-refractivity contribution in [3.05, 3.63) is 153 Å². The van der Waals surface area contributed by atoms with Crippen LogP contribution in [0.5, 0.6) is 0 Å². The van der Waals surface area contributed by atoms with Crippen molar-refractivity contribution >= 4 is 12.1 Å². The van der Waals surface area contributed by atoms with Crippen molar-refractivity contribution in [2.24, 2.45) is 5.41 Å². The van der Waals surface area contributed by atoms with E-state index in [0.717, 1.165) is 6.42 Å². The number of halogens is 2. The van der Waals surface area contributed by atoms with Crippen LogP contribution < -0.4 is 35.3 Å². The van der Waals surface area contributed by atoms with Gasteiger partial charge in [0.15, 0.2) is 0 Å². The molecule has 0 atom stereocenters.